The van der Waals surface area contributed by atoms with Gasteiger partial charge in [-0.3, -0.25) is 4.79 Å². The monoisotopic (exact) mass is 260 g/mol. The van der Waals surface area contributed by atoms with Gasteiger partial charge in [-0.25, -0.2) is 0 Å². The van der Waals surface area contributed by atoms with Gasteiger partial charge in [0, 0.05) is 0 Å². The number of hydrogen-bond acceptors (Lipinski definition) is 2. The van der Waals surface area contributed by atoms with E-state index in [0.717, 1.165) is 24.2 Å². The molecule has 2 heteroatoms. The molecule has 0 spiro atoms. The lowest BCUT2D eigenvalue weighted by Crippen LogP contribution is -2.30. The van der Waals surface area contributed by atoms with E-state index >= 15 is 0 Å². The van der Waals surface area contributed by atoms with Gasteiger partial charge < -0.3 is 4.74 Å². The maximum Gasteiger partial charge on any atom is 0.163 e. The van der Waals surface area contributed by atoms with E-state index in [0.29, 0.717) is 11.5 Å². The van der Waals surface area contributed by atoms with Crippen LogP contribution < -0.4 is 4.74 Å². The van der Waals surface area contributed by atoms with Crippen LogP contribution in [-0.4, -0.2) is 11.9 Å². The van der Waals surface area contributed by atoms with E-state index in [9.17, 15) is 4.79 Å². The summed E-state index contributed by atoms with van der Waals surface area (Å²) in [5.41, 5.74) is 1.86. The molecule has 0 amide bonds. The molecule has 1 saturated carbocycles. The molecule has 1 aromatic rings. The van der Waals surface area contributed by atoms with E-state index in [4.69, 9.17) is 4.74 Å². The highest BCUT2D eigenvalue weighted by Gasteiger charge is 2.26. The van der Waals surface area contributed by atoms with Crippen LogP contribution in [0.3, 0.4) is 0 Å². The van der Waals surface area contributed by atoms with Gasteiger partial charge >= 0.3 is 0 Å². The van der Waals surface area contributed by atoms with Crippen molar-refractivity contribution in [2.75, 3.05) is 0 Å². The average Bonchev–Trinajstić information content (AvgIpc) is 2.39. The number of benzene rings is 1. The summed E-state index contributed by atoms with van der Waals surface area (Å²) < 4.78 is 6.21. The van der Waals surface area contributed by atoms with Crippen LogP contribution in [0.4, 0.5) is 0 Å². The first kappa shape index (κ1) is 14.1. The highest BCUT2D eigenvalue weighted by atomic mass is 16.5. The highest BCUT2D eigenvalue weighted by Crippen LogP contribution is 2.32. The summed E-state index contributed by atoms with van der Waals surface area (Å²) in [6.45, 7) is 5.87. The lowest BCUT2D eigenvalue weighted by molar-refractivity contribution is 0.0865. The number of Topliss-reactive ketones (excluding diaryl/α,β-unsaturated/α-hetero) is 1. The maximum absolute atomic E-state index is 11.7. The first-order valence-corrected chi connectivity index (χ1v) is 7.40. The number of ether oxygens (including phenoxy) is 1. The standard InChI is InChI=1S/C17H24O2/c1-4-14-7-5-6-8-16(14)19-17-11-12(2)9-10-15(17)13(3)18/h9-11,14,16H,4-8H2,1-3H3. The Kier molecular flexibility index (Phi) is 4.62. The van der Waals surface area contributed by atoms with Gasteiger partial charge in [0.05, 0.1) is 5.56 Å². The summed E-state index contributed by atoms with van der Waals surface area (Å²) in [7, 11) is 0. The van der Waals surface area contributed by atoms with Crippen molar-refractivity contribution in [3.05, 3.63) is 29.3 Å². The molecule has 0 aliphatic heterocycles. The van der Waals surface area contributed by atoms with Crippen LogP contribution in [0, 0.1) is 12.8 Å². The second-order valence-corrected chi connectivity index (χ2v) is 5.66. The van der Waals surface area contributed by atoms with Crippen LogP contribution in [0.1, 0.15) is 61.9 Å². The van der Waals surface area contributed by atoms with Crippen molar-refractivity contribution in [3.8, 4) is 5.75 Å². The third kappa shape index (κ3) is 3.37. The molecule has 1 aromatic carbocycles. The normalized spacial score (nSPS) is 23.1. The lowest BCUT2D eigenvalue weighted by atomic mass is 9.84. The van der Waals surface area contributed by atoms with E-state index in [1.54, 1.807) is 6.92 Å². The van der Waals surface area contributed by atoms with Gasteiger partial charge in [0.25, 0.3) is 0 Å². The second kappa shape index (κ2) is 6.23. The molecule has 19 heavy (non-hydrogen) atoms. The fraction of sp³-hybridized carbons (Fsp3) is 0.588. The number of carbonyl (C=O) groups is 1. The Labute approximate surface area is 116 Å². The number of hydrogen-bond donors (Lipinski definition) is 0. The minimum atomic E-state index is 0.0823. The fourth-order valence-corrected chi connectivity index (χ4v) is 2.98. The molecule has 104 valence electrons. The van der Waals surface area contributed by atoms with Gasteiger partial charge in [-0.2, -0.15) is 0 Å². The van der Waals surface area contributed by atoms with Crippen LogP contribution in [0.5, 0.6) is 5.75 Å². The SMILES string of the molecule is CCC1CCCCC1Oc1cc(C)ccc1C(C)=O. The zero-order valence-corrected chi connectivity index (χ0v) is 12.2. The van der Waals surface area contributed by atoms with Crippen molar-refractivity contribution >= 4 is 5.78 Å². The van der Waals surface area contributed by atoms with E-state index in [2.05, 4.69) is 6.92 Å². The predicted octanol–water partition coefficient (Wildman–Crippen LogP) is 4.55. The van der Waals surface area contributed by atoms with Gasteiger partial charge in [0.2, 0.25) is 0 Å². The largest absolute Gasteiger partial charge is 0.489 e. The molecule has 2 nitrogen and oxygen atoms in total. The molecule has 0 bridgehead atoms. The number of rotatable bonds is 4. The van der Waals surface area contributed by atoms with E-state index < -0.39 is 0 Å². The van der Waals surface area contributed by atoms with Crippen LogP contribution in [0.2, 0.25) is 0 Å². The molecule has 2 rings (SSSR count). The zero-order chi connectivity index (χ0) is 13.8. The molecule has 0 N–H and O–H groups in total. The molecular weight excluding hydrogens is 236 g/mol. The molecule has 0 aromatic heterocycles. The molecule has 0 heterocycles. The van der Waals surface area contributed by atoms with Gasteiger partial charge in [-0.1, -0.05) is 19.4 Å². The second-order valence-electron chi connectivity index (χ2n) is 5.66. The molecule has 0 radical (unpaired) electrons. The number of ketones is 1. The fourth-order valence-electron chi connectivity index (χ4n) is 2.98. The Bertz CT molecular complexity index is 451. The maximum atomic E-state index is 11.7. The third-order valence-electron chi connectivity index (χ3n) is 4.16. The zero-order valence-electron chi connectivity index (χ0n) is 12.2. The summed E-state index contributed by atoms with van der Waals surface area (Å²) in [4.78, 5) is 11.7. The van der Waals surface area contributed by atoms with E-state index in [-0.39, 0.29) is 11.9 Å². The van der Waals surface area contributed by atoms with Crippen LogP contribution in [-0.2, 0) is 0 Å². The molecule has 1 aliphatic rings. The Morgan fingerprint density at radius 2 is 2.05 bits per heavy atom. The topological polar surface area (TPSA) is 26.3 Å². The van der Waals surface area contributed by atoms with Crippen molar-refractivity contribution in [2.24, 2.45) is 5.92 Å². The van der Waals surface area contributed by atoms with Gasteiger partial charge in [-0.15, -0.1) is 0 Å². The molecule has 2 atom stereocenters. The average molecular weight is 260 g/mol. The predicted molar refractivity (Wildman–Crippen MR) is 77.8 cm³/mol. The van der Waals surface area contributed by atoms with Crippen LogP contribution >= 0.6 is 0 Å². The third-order valence-corrected chi connectivity index (χ3v) is 4.16. The van der Waals surface area contributed by atoms with Crippen molar-refractivity contribution in [2.45, 2.75) is 59.0 Å². The van der Waals surface area contributed by atoms with Crippen molar-refractivity contribution in [1.29, 1.82) is 0 Å². The number of aryl methyl sites for hydroxylation is 1. The Morgan fingerprint density at radius 3 is 2.74 bits per heavy atom. The minimum Gasteiger partial charge on any atom is -0.489 e. The lowest BCUT2D eigenvalue weighted by Gasteiger charge is -2.31. The van der Waals surface area contributed by atoms with E-state index in [1.165, 1.54) is 19.3 Å². The smallest absolute Gasteiger partial charge is 0.163 e. The van der Waals surface area contributed by atoms with Crippen molar-refractivity contribution in [3.63, 3.8) is 0 Å². The molecule has 1 fully saturated rings. The molecular formula is C17H24O2. The molecule has 0 saturated heterocycles. The van der Waals surface area contributed by atoms with Crippen LogP contribution in [0.15, 0.2) is 18.2 Å². The Morgan fingerprint density at radius 1 is 1.32 bits per heavy atom. The van der Waals surface area contributed by atoms with Gasteiger partial charge in [-0.05, 0) is 63.1 Å². The first-order valence-electron chi connectivity index (χ1n) is 7.40. The summed E-state index contributed by atoms with van der Waals surface area (Å²) >= 11 is 0. The summed E-state index contributed by atoms with van der Waals surface area (Å²) in [5, 5.41) is 0. The van der Waals surface area contributed by atoms with Crippen molar-refractivity contribution in [1.82, 2.24) is 0 Å². The summed E-state index contributed by atoms with van der Waals surface area (Å²) in [6.07, 6.45) is 6.35. The summed E-state index contributed by atoms with van der Waals surface area (Å²) in [5.74, 6) is 1.49. The van der Waals surface area contributed by atoms with E-state index in [1.807, 2.05) is 25.1 Å². The van der Waals surface area contributed by atoms with Gasteiger partial charge in [0.1, 0.15) is 11.9 Å². The Hall–Kier alpha value is -1.31. The summed E-state index contributed by atoms with van der Waals surface area (Å²) in [6, 6.07) is 5.86. The Balaban J connectivity index is 2.21. The highest BCUT2D eigenvalue weighted by molar-refractivity contribution is 5.96. The number of carbonyl (C=O) groups excluding carboxylic acids is 1. The van der Waals surface area contributed by atoms with Crippen molar-refractivity contribution < 1.29 is 9.53 Å². The minimum absolute atomic E-state index is 0.0823. The quantitative estimate of drug-likeness (QED) is 0.743. The van der Waals surface area contributed by atoms with Crippen LogP contribution in [0.25, 0.3) is 0 Å². The first-order chi connectivity index (χ1) is 9.11. The van der Waals surface area contributed by atoms with Gasteiger partial charge in [0.15, 0.2) is 5.78 Å². The molecule has 1 aliphatic carbocycles. The molecule has 2 unspecified atom stereocenters.